The molecule has 3 aromatic carbocycles. The average molecular weight is 460 g/mol. The first-order valence-electron chi connectivity index (χ1n) is 11.4. The number of anilines is 1. The predicted molar refractivity (Wildman–Crippen MR) is 129 cm³/mol. The zero-order valence-electron chi connectivity index (χ0n) is 19.0. The molecule has 1 atom stereocenters. The Morgan fingerprint density at radius 2 is 1.74 bits per heavy atom. The second-order valence-corrected chi connectivity index (χ2v) is 8.34. The molecule has 0 saturated carbocycles. The van der Waals surface area contributed by atoms with Gasteiger partial charge in [0.2, 0.25) is 5.91 Å². The van der Waals surface area contributed by atoms with Gasteiger partial charge in [-0.15, -0.1) is 0 Å². The average Bonchev–Trinajstić information content (AvgIpc) is 3.43. The molecule has 1 unspecified atom stereocenters. The van der Waals surface area contributed by atoms with Crippen LogP contribution in [0.15, 0.2) is 72.8 Å². The van der Waals surface area contributed by atoms with E-state index in [1.54, 1.807) is 25.3 Å². The fourth-order valence-corrected chi connectivity index (χ4v) is 4.51. The van der Waals surface area contributed by atoms with Crippen LogP contribution in [-0.2, 0) is 11.3 Å². The molecule has 0 aliphatic carbocycles. The first kappa shape index (κ1) is 21.9. The van der Waals surface area contributed by atoms with Crippen molar-refractivity contribution in [1.82, 2.24) is 9.55 Å². The lowest BCUT2D eigenvalue weighted by atomic mass is 10.1. The highest BCUT2D eigenvalue weighted by Gasteiger charge is 2.35. The number of hydrogen-bond acceptors (Lipinski definition) is 4. The quantitative estimate of drug-likeness (QED) is 0.341. The van der Waals surface area contributed by atoms with Crippen LogP contribution in [0.25, 0.3) is 11.0 Å². The molecule has 1 aromatic heterocycles. The molecule has 1 fully saturated rings. The molecule has 0 spiro atoms. The van der Waals surface area contributed by atoms with Crippen molar-refractivity contribution < 1.29 is 18.7 Å². The first-order chi connectivity index (χ1) is 16.6. The fourth-order valence-electron chi connectivity index (χ4n) is 4.51. The lowest BCUT2D eigenvalue weighted by Gasteiger charge is -2.18. The van der Waals surface area contributed by atoms with E-state index in [1.165, 1.54) is 11.0 Å². The van der Waals surface area contributed by atoms with Crippen LogP contribution in [0.3, 0.4) is 0 Å². The van der Waals surface area contributed by atoms with E-state index in [9.17, 15) is 9.18 Å². The molecule has 0 bridgehead atoms. The Kier molecular flexibility index (Phi) is 6.16. The van der Waals surface area contributed by atoms with Crippen LogP contribution in [0.4, 0.5) is 10.1 Å². The van der Waals surface area contributed by atoms with Crippen LogP contribution in [0.1, 0.15) is 24.6 Å². The minimum Gasteiger partial charge on any atom is -0.497 e. The van der Waals surface area contributed by atoms with Gasteiger partial charge in [0.25, 0.3) is 0 Å². The number of methoxy groups -OCH3 is 1. The van der Waals surface area contributed by atoms with Crippen molar-refractivity contribution in [3.05, 3.63) is 84.4 Å². The number of fused-ring (bicyclic) bond motifs is 1. The molecule has 7 heteroatoms. The van der Waals surface area contributed by atoms with E-state index in [-0.39, 0.29) is 17.6 Å². The molecular weight excluding hydrogens is 433 g/mol. The summed E-state index contributed by atoms with van der Waals surface area (Å²) in [6.07, 6.45) is 1.08. The van der Waals surface area contributed by atoms with Gasteiger partial charge in [-0.05, 0) is 55.0 Å². The lowest BCUT2D eigenvalue weighted by molar-refractivity contribution is -0.117. The van der Waals surface area contributed by atoms with E-state index in [1.807, 2.05) is 48.5 Å². The molecule has 174 valence electrons. The van der Waals surface area contributed by atoms with Crippen LogP contribution >= 0.6 is 0 Å². The molecule has 2 heterocycles. The SMILES string of the molecule is COc1ccc(OCCCn2c(C3CC(=O)N(c4ccccc4F)C3)nc3ccccc32)cc1. The molecule has 1 amide bonds. The standard InChI is InChI=1S/C27H26FN3O3/c1-33-20-11-13-21(14-12-20)34-16-6-15-30-25-10-5-3-8-23(25)29-27(30)19-17-26(32)31(18-19)24-9-4-2-7-22(24)28/h2-5,7-14,19H,6,15-18H2,1H3. The van der Waals surface area contributed by atoms with Crippen LogP contribution < -0.4 is 14.4 Å². The molecule has 1 saturated heterocycles. The number of ether oxygens (including phenoxy) is 2. The Balaban J connectivity index is 1.33. The van der Waals surface area contributed by atoms with E-state index in [0.717, 1.165) is 34.8 Å². The molecule has 5 rings (SSSR count). The number of benzene rings is 3. The third-order valence-corrected chi connectivity index (χ3v) is 6.17. The summed E-state index contributed by atoms with van der Waals surface area (Å²) in [7, 11) is 1.64. The summed E-state index contributed by atoms with van der Waals surface area (Å²) in [5.74, 6) is 1.85. The van der Waals surface area contributed by atoms with Gasteiger partial charge in [-0.25, -0.2) is 9.37 Å². The number of para-hydroxylation sites is 3. The smallest absolute Gasteiger partial charge is 0.227 e. The van der Waals surface area contributed by atoms with E-state index in [2.05, 4.69) is 4.57 Å². The van der Waals surface area contributed by atoms with Gasteiger partial charge in [0.05, 0.1) is 30.4 Å². The van der Waals surface area contributed by atoms with Gasteiger partial charge in [-0.3, -0.25) is 4.79 Å². The summed E-state index contributed by atoms with van der Waals surface area (Å²) < 4.78 is 27.6. The van der Waals surface area contributed by atoms with Crippen molar-refractivity contribution in [3.8, 4) is 11.5 Å². The van der Waals surface area contributed by atoms with Crippen molar-refractivity contribution in [2.45, 2.75) is 25.3 Å². The molecule has 1 aliphatic heterocycles. The van der Waals surface area contributed by atoms with Crippen LogP contribution in [0.5, 0.6) is 11.5 Å². The minimum absolute atomic E-state index is 0.0865. The summed E-state index contributed by atoms with van der Waals surface area (Å²) >= 11 is 0. The number of rotatable bonds is 8. The van der Waals surface area contributed by atoms with Gasteiger partial charge < -0.3 is 18.9 Å². The third kappa shape index (κ3) is 4.33. The van der Waals surface area contributed by atoms with Crippen molar-refractivity contribution in [2.24, 2.45) is 0 Å². The van der Waals surface area contributed by atoms with Gasteiger partial charge in [0.15, 0.2) is 0 Å². The maximum Gasteiger partial charge on any atom is 0.227 e. The zero-order chi connectivity index (χ0) is 23.5. The molecule has 1 aliphatic rings. The number of aryl methyl sites for hydroxylation is 1. The Morgan fingerprint density at radius 1 is 1.00 bits per heavy atom. The maximum atomic E-state index is 14.3. The number of aromatic nitrogens is 2. The van der Waals surface area contributed by atoms with Crippen molar-refractivity contribution in [1.29, 1.82) is 0 Å². The summed E-state index contributed by atoms with van der Waals surface area (Å²) in [6, 6.07) is 21.9. The molecular formula is C27H26FN3O3. The largest absolute Gasteiger partial charge is 0.497 e. The number of nitrogens with zero attached hydrogens (tertiary/aromatic N) is 3. The van der Waals surface area contributed by atoms with E-state index < -0.39 is 0 Å². The molecule has 6 nitrogen and oxygen atoms in total. The Labute approximate surface area is 197 Å². The van der Waals surface area contributed by atoms with Gasteiger partial charge >= 0.3 is 0 Å². The van der Waals surface area contributed by atoms with Gasteiger partial charge in [-0.2, -0.15) is 0 Å². The molecule has 4 aromatic rings. The fraction of sp³-hybridized carbons (Fsp3) is 0.259. The number of halogens is 1. The number of carbonyl (C=O) groups is 1. The number of amides is 1. The van der Waals surface area contributed by atoms with Crippen LogP contribution in [0, 0.1) is 5.82 Å². The van der Waals surface area contributed by atoms with Crippen LogP contribution in [0.2, 0.25) is 0 Å². The van der Waals surface area contributed by atoms with Crippen LogP contribution in [-0.4, -0.2) is 35.7 Å². The Hall–Kier alpha value is -3.87. The van der Waals surface area contributed by atoms with Crippen molar-refractivity contribution in [2.75, 3.05) is 25.2 Å². The Bertz CT molecular complexity index is 1300. The molecule has 34 heavy (non-hydrogen) atoms. The lowest BCUT2D eigenvalue weighted by Crippen LogP contribution is -2.25. The van der Waals surface area contributed by atoms with E-state index >= 15 is 0 Å². The summed E-state index contributed by atoms with van der Waals surface area (Å²) in [5, 5.41) is 0. The molecule has 0 N–H and O–H groups in total. The van der Waals surface area contributed by atoms with Gasteiger partial charge in [-0.1, -0.05) is 24.3 Å². The summed E-state index contributed by atoms with van der Waals surface area (Å²) in [4.78, 5) is 19.2. The second-order valence-electron chi connectivity index (χ2n) is 8.34. The highest BCUT2D eigenvalue weighted by Crippen LogP contribution is 2.34. The predicted octanol–water partition coefficient (Wildman–Crippen LogP) is 5.17. The second kappa shape index (κ2) is 9.55. The van der Waals surface area contributed by atoms with E-state index in [0.29, 0.717) is 31.8 Å². The Morgan fingerprint density at radius 3 is 2.53 bits per heavy atom. The van der Waals surface area contributed by atoms with Crippen molar-refractivity contribution in [3.63, 3.8) is 0 Å². The zero-order valence-corrected chi connectivity index (χ0v) is 19.0. The monoisotopic (exact) mass is 459 g/mol. The minimum atomic E-state index is -0.388. The number of hydrogen-bond donors (Lipinski definition) is 0. The molecule has 0 radical (unpaired) electrons. The summed E-state index contributed by atoms with van der Waals surface area (Å²) in [6.45, 7) is 1.66. The topological polar surface area (TPSA) is 56.6 Å². The number of carbonyl (C=O) groups excluding carboxylic acids is 1. The van der Waals surface area contributed by atoms with Gasteiger partial charge in [0, 0.05) is 25.4 Å². The normalized spacial score (nSPS) is 15.8. The highest BCUT2D eigenvalue weighted by atomic mass is 19.1. The highest BCUT2D eigenvalue weighted by molar-refractivity contribution is 5.96. The maximum absolute atomic E-state index is 14.3. The van der Waals surface area contributed by atoms with Crippen molar-refractivity contribution >= 4 is 22.6 Å². The summed E-state index contributed by atoms with van der Waals surface area (Å²) in [5.41, 5.74) is 2.25. The van der Waals surface area contributed by atoms with Gasteiger partial charge in [0.1, 0.15) is 23.1 Å². The van der Waals surface area contributed by atoms with E-state index in [4.69, 9.17) is 14.5 Å². The third-order valence-electron chi connectivity index (χ3n) is 6.17. The first-order valence-corrected chi connectivity index (χ1v) is 11.4. The number of imidazole rings is 1.